The number of carbonyl (C=O) groups is 2. The number of ether oxygens (including phenoxy) is 1. The summed E-state index contributed by atoms with van der Waals surface area (Å²) in [4.78, 5) is 24.0. The van der Waals surface area contributed by atoms with Gasteiger partial charge in [-0.2, -0.15) is 0 Å². The van der Waals surface area contributed by atoms with E-state index in [1.165, 1.54) is 6.08 Å². The standard InChI is InChI=1S/C13H14O3S/c14-11-5-1-2-6-12(11)16-13(15)8-7-10-4-3-9-17-10/h3-4,7-9,12H,1-2,5-6H2. The van der Waals surface area contributed by atoms with Crippen LogP contribution >= 0.6 is 11.3 Å². The van der Waals surface area contributed by atoms with Gasteiger partial charge in [-0.25, -0.2) is 4.79 Å². The van der Waals surface area contributed by atoms with E-state index in [1.807, 2.05) is 17.5 Å². The van der Waals surface area contributed by atoms with Crippen molar-refractivity contribution >= 4 is 29.2 Å². The summed E-state index contributed by atoms with van der Waals surface area (Å²) in [6.07, 6.45) is 5.64. The van der Waals surface area contributed by atoms with Crippen molar-refractivity contribution in [1.29, 1.82) is 0 Å². The molecule has 0 radical (unpaired) electrons. The van der Waals surface area contributed by atoms with Gasteiger partial charge in [-0.15, -0.1) is 11.3 Å². The van der Waals surface area contributed by atoms with Crippen LogP contribution in [0.15, 0.2) is 23.6 Å². The summed E-state index contributed by atoms with van der Waals surface area (Å²) in [5.74, 6) is -0.382. The van der Waals surface area contributed by atoms with Crippen molar-refractivity contribution in [2.45, 2.75) is 31.8 Å². The molecule has 0 N–H and O–H groups in total. The number of esters is 1. The lowest BCUT2D eigenvalue weighted by atomic mass is 9.96. The molecular weight excluding hydrogens is 236 g/mol. The van der Waals surface area contributed by atoms with Crippen LogP contribution in [0.1, 0.15) is 30.6 Å². The Kier molecular flexibility index (Phi) is 4.09. The molecule has 1 fully saturated rings. The third kappa shape index (κ3) is 3.53. The molecule has 4 heteroatoms. The zero-order valence-corrected chi connectivity index (χ0v) is 10.2. The van der Waals surface area contributed by atoms with Crippen molar-refractivity contribution in [3.05, 3.63) is 28.5 Å². The molecule has 1 aliphatic rings. The lowest BCUT2D eigenvalue weighted by molar-refractivity contribution is -0.152. The van der Waals surface area contributed by atoms with Gasteiger partial charge < -0.3 is 4.74 Å². The topological polar surface area (TPSA) is 43.4 Å². The molecule has 0 bridgehead atoms. The zero-order valence-electron chi connectivity index (χ0n) is 9.43. The minimum Gasteiger partial charge on any atom is -0.451 e. The molecule has 0 amide bonds. The van der Waals surface area contributed by atoms with Crippen LogP contribution in [0.25, 0.3) is 6.08 Å². The molecular formula is C13H14O3S. The van der Waals surface area contributed by atoms with Crippen LogP contribution in [0.4, 0.5) is 0 Å². The highest BCUT2D eigenvalue weighted by molar-refractivity contribution is 7.10. The number of thiophene rings is 1. The normalized spacial score (nSPS) is 20.7. The van der Waals surface area contributed by atoms with Crippen molar-refractivity contribution in [2.75, 3.05) is 0 Å². The van der Waals surface area contributed by atoms with Gasteiger partial charge in [0.2, 0.25) is 0 Å². The summed E-state index contributed by atoms with van der Waals surface area (Å²) in [5, 5.41) is 1.94. The maximum atomic E-state index is 11.5. The van der Waals surface area contributed by atoms with Gasteiger partial charge in [-0.3, -0.25) is 4.79 Å². The second-order valence-electron chi connectivity index (χ2n) is 3.99. The Bertz CT molecular complexity index is 420. The Balaban J connectivity index is 1.86. The fourth-order valence-electron chi connectivity index (χ4n) is 1.79. The Morgan fingerprint density at radius 3 is 3.06 bits per heavy atom. The van der Waals surface area contributed by atoms with Crippen LogP contribution in [0.5, 0.6) is 0 Å². The van der Waals surface area contributed by atoms with Crippen molar-refractivity contribution in [3.63, 3.8) is 0 Å². The summed E-state index contributed by atoms with van der Waals surface area (Å²) in [6.45, 7) is 0. The van der Waals surface area contributed by atoms with Crippen LogP contribution in [0.2, 0.25) is 0 Å². The lowest BCUT2D eigenvalue weighted by Crippen LogP contribution is -2.29. The molecule has 0 aromatic carbocycles. The van der Waals surface area contributed by atoms with Gasteiger partial charge in [0, 0.05) is 17.4 Å². The molecule has 0 aliphatic heterocycles. The van der Waals surface area contributed by atoms with Crippen LogP contribution < -0.4 is 0 Å². The Morgan fingerprint density at radius 2 is 2.35 bits per heavy atom. The quantitative estimate of drug-likeness (QED) is 0.612. The molecule has 1 heterocycles. The van der Waals surface area contributed by atoms with E-state index in [1.54, 1.807) is 17.4 Å². The number of Topliss-reactive ketones (excluding diaryl/α,β-unsaturated/α-hetero) is 1. The minimum absolute atomic E-state index is 0.0501. The predicted octanol–water partition coefficient (Wildman–Crippen LogP) is 2.82. The first-order valence-electron chi connectivity index (χ1n) is 5.70. The first kappa shape index (κ1) is 12.0. The summed E-state index contributed by atoms with van der Waals surface area (Å²) >= 11 is 1.55. The molecule has 1 aromatic rings. The fraction of sp³-hybridized carbons (Fsp3) is 0.385. The maximum absolute atomic E-state index is 11.5. The van der Waals surface area contributed by atoms with E-state index in [0.29, 0.717) is 12.8 Å². The van der Waals surface area contributed by atoms with E-state index < -0.39 is 12.1 Å². The van der Waals surface area contributed by atoms with E-state index in [-0.39, 0.29) is 5.78 Å². The first-order valence-corrected chi connectivity index (χ1v) is 6.58. The van der Waals surface area contributed by atoms with Crippen molar-refractivity contribution in [2.24, 2.45) is 0 Å². The van der Waals surface area contributed by atoms with E-state index >= 15 is 0 Å². The number of carbonyl (C=O) groups excluding carboxylic acids is 2. The Morgan fingerprint density at radius 1 is 1.47 bits per heavy atom. The average molecular weight is 250 g/mol. The molecule has 17 heavy (non-hydrogen) atoms. The average Bonchev–Trinajstić information content (AvgIpc) is 2.82. The third-order valence-corrected chi connectivity index (χ3v) is 3.52. The molecule has 1 aromatic heterocycles. The SMILES string of the molecule is O=C(C=Cc1cccs1)OC1CCCCC1=O. The molecule has 1 aliphatic carbocycles. The van der Waals surface area contributed by atoms with Crippen molar-refractivity contribution in [3.8, 4) is 0 Å². The third-order valence-electron chi connectivity index (χ3n) is 2.68. The van der Waals surface area contributed by atoms with Crippen molar-refractivity contribution < 1.29 is 14.3 Å². The smallest absolute Gasteiger partial charge is 0.331 e. The minimum atomic E-state index is -0.524. The lowest BCUT2D eigenvalue weighted by Gasteiger charge is -2.19. The highest BCUT2D eigenvalue weighted by Gasteiger charge is 2.24. The Labute approximate surface area is 104 Å². The summed E-state index contributed by atoms with van der Waals surface area (Å²) in [5.41, 5.74) is 0. The number of hydrogen-bond acceptors (Lipinski definition) is 4. The highest BCUT2D eigenvalue weighted by Crippen LogP contribution is 2.18. The van der Waals surface area contributed by atoms with Crippen LogP contribution in [0.3, 0.4) is 0 Å². The largest absolute Gasteiger partial charge is 0.451 e. The van der Waals surface area contributed by atoms with Crippen molar-refractivity contribution in [1.82, 2.24) is 0 Å². The summed E-state index contributed by atoms with van der Waals surface area (Å²) < 4.78 is 5.13. The van der Waals surface area contributed by atoms with Crippen LogP contribution in [0, 0.1) is 0 Å². The fourth-order valence-corrected chi connectivity index (χ4v) is 2.41. The summed E-state index contributed by atoms with van der Waals surface area (Å²) in [7, 11) is 0. The highest BCUT2D eigenvalue weighted by atomic mass is 32.1. The Hall–Kier alpha value is -1.42. The van der Waals surface area contributed by atoms with Gasteiger partial charge in [0.05, 0.1) is 0 Å². The van der Waals surface area contributed by atoms with Gasteiger partial charge in [0.1, 0.15) is 0 Å². The number of rotatable bonds is 3. The molecule has 3 nitrogen and oxygen atoms in total. The molecule has 0 spiro atoms. The molecule has 1 unspecified atom stereocenters. The zero-order chi connectivity index (χ0) is 12.1. The molecule has 1 saturated carbocycles. The second kappa shape index (κ2) is 5.77. The van der Waals surface area contributed by atoms with E-state index in [0.717, 1.165) is 17.7 Å². The van der Waals surface area contributed by atoms with Crippen LogP contribution in [-0.2, 0) is 14.3 Å². The first-order chi connectivity index (χ1) is 8.25. The van der Waals surface area contributed by atoms with Gasteiger partial charge in [0.25, 0.3) is 0 Å². The summed E-state index contributed by atoms with van der Waals surface area (Å²) in [6, 6.07) is 3.83. The van der Waals surface area contributed by atoms with E-state index in [4.69, 9.17) is 4.74 Å². The van der Waals surface area contributed by atoms with Gasteiger partial charge >= 0.3 is 5.97 Å². The molecule has 0 saturated heterocycles. The second-order valence-corrected chi connectivity index (χ2v) is 4.97. The maximum Gasteiger partial charge on any atom is 0.331 e. The van der Waals surface area contributed by atoms with Gasteiger partial charge in [0.15, 0.2) is 11.9 Å². The molecule has 90 valence electrons. The number of ketones is 1. The van der Waals surface area contributed by atoms with Gasteiger partial charge in [-0.05, 0) is 36.8 Å². The number of hydrogen-bond donors (Lipinski definition) is 0. The monoisotopic (exact) mass is 250 g/mol. The molecule has 2 rings (SSSR count). The molecule has 1 atom stereocenters. The predicted molar refractivity (Wildman–Crippen MR) is 66.7 cm³/mol. The van der Waals surface area contributed by atoms with E-state index in [9.17, 15) is 9.59 Å². The van der Waals surface area contributed by atoms with Crippen LogP contribution in [-0.4, -0.2) is 17.9 Å². The van der Waals surface area contributed by atoms with E-state index in [2.05, 4.69) is 0 Å². The van der Waals surface area contributed by atoms with Gasteiger partial charge in [-0.1, -0.05) is 6.07 Å².